The van der Waals surface area contributed by atoms with E-state index in [-0.39, 0.29) is 5.91 Å². The van der Waals surface area contributed by atoms with Gasteiger partial charge in [-0.2, -0.15) is 0 Å². The molecule has 0 spiro atoms. The fourth-order valence-corrected chi connectivity index (χ4v) is 2.61. The molecule has 128 valence electrons. The average Bonchev–Trinajstić information content (AvgIpc) is 3.04. The SMILES string of the molecule is CCCOc1ccc(NC(=O)CC2CCCN2)cc1OCCC. The summed E-state index contributed by atoms with van der Waals surface area (Å²) in [6.07, 6.45) is 4.61. The first kappa shape index (κ1) is 17.6. The lowest BCUT2D eigenvalue weighted by Gasteiger charge is -2.15. The van der Waals surface area contributed by atoms with Crippen molar-refractivity contribution in [1.29, 1.82) is 0 Å². The Hall–Kier alpha value is -1.75. The summed E-state index contributed by atoms with van der Waals surface area (Å²) in [5.74, 6) is 1.46. The number of rotatable bonds is 9. The van der Waals surface area contributed by atoms with E-state index in [1.54, 1.807) is 0 Å². The van der Waals surface area contributed by atoms with E-state index in [1.165, 1.54) is 0 Å². The summed E-state index contributed by atoms with van der Waals surface area (Å²) in [4.78, 5) is 12.1. The minimum absolute atomic E-state index is 0.0352. The quantitative estimate of drug-likeness (QED) is 0.732. The summed E-state index contributed by atoms with van der Waals surface area (Å²) in [5, 5.41) is 6.29. The van der Waals surface area contributed by atoms with Crippen molar-refractivity contribution >= 4 is 11.6 Å². The van der Waals surface area contributed by atoms with Gasteiger partial charge in [-0.1, -0.05) is 13.8 Å². The van der Waals surface area contributed by atoms with Gasteiger partial charge in [0.25, 0.3) is 0 Å². The number of carbonyl (C=O) groups excluding carboxylic acids is 1. The van der Waals surface area contributed by atoms with Crippen LogP contribution in [0.25, 0.3) is 0 Å². The van der Waals surface area contributed by atoms with E-state index in [4.69, 9.17) is 9.47 Å². The van der Waals surface area contributed by atoms with E-state index >= 15 is 0 Å². The van der Waals surface area contributed by atoms with Crippen LogP contribution in [0.1, 0.15) is 46.0 Å². The van der Waals surface area contributed by atoms with Gasteiger partial charge < -0.3 is 20.1 Å². The van der Waals surface area contributed by atoms with Crippen molar-refractivity contribution in [3.63, 3.8) is 0 Å². The molecule has 1 saturated heterocycles. The molecule has 1 amide bonds. The third-order valence-corrected chi connectivity index (χ3v) is 3.75. The van der Waals surface area contributed by atoms with Crippen LogP contribution in [-0.2, 0) is 4.79 Å². The molecular weight excluding hydrogens is 292 g/mol. The average molecular weight is 320 g/mol. The molecule has 1 fully saturated rings. The van der Waals surface area contributed by atoms with Gasteiger partial charge in [0.15, 0.2) is 11.5 Å². The summed E-state index contributed by atoms with van der Waals surface area (Å²) in [5.41, 5.74) is 0.753. The van der Waals surface area contributed by atoms with Crippen LogP contribution < -0.4 is 20.1 Å². The molecule has 1 unspecified atom stereocenters. The molecule has 1 aliphatic heterocycles. The largest absolute Gasteiger partial charge is 0.490 e. The molecule has 1 atom stereocenters. The van der Waals surface area contributed by atoms with E-state index in [1.807, 2.05) is 18.2 Å². The van der Waals surface area contributed by atoms with Crippen LogP contribution in [0.5, 0.6) is 11.5 Å². The van der Waals surface area contributed by atoms with E-state index in [2.05, 4.69) is 24.5 Å². The van der Waals surface area contributed by atoms with Gasteiger partial charge in [0.1, 0.15) is 0 Å². The molecule has 1 aromatic rings. The maximum Gasteiger partial charge on any atom is 0.225 e. The zero-order valence-corrected chi connectivity index (χ0v) is 14.2. The lowest BCUT2D eigenvalue weighted by atomic mass is 10.1. The minimum Gasteiger partial charge on any atom is -0.490 e. The molecule has 23 heavy (non-hydrogen) atoms. The molecule has 2 rings (SSSR count). The molecule has 0 bridgehead atoms. The lowest BCUT2D eigenvalue weighted by Crippen LogP contribution is -2.27. The Bertz CT molecular complexity index is 499. The van der Waals surface area contributed by atoms with E-state index < -0.39 is 0 Å². The Labute approximate surface area is 138 Å². The molecule has 1 aliphatic rings. The van der Waals surface area contributed by atoms with Gasteiger partial charge in [-0.15, -0.1) is 0 Å². The number of hydrogen-bond acceptors (Lipinski definition) is 4. The number of benzene rings is 1. The maximum absolute atomic E-state index is 12.1. The highest BCUT2D eigenvalue weighted by atomic mass is 16.5. The summed E-state index contributed by atoms with van der Waals surface area (Å²) in [7, 11) is 0. The molecule has 2 N–H and O–H groups in total. The molecule has 5 nitrogen and oxygen atoms in total. The van der Waals surface area contributed by atoms with Gasteiger partial charge in [-0.25, -0.2) is 0 Å². The van der Waals surface area contributed by atoms with Crippen LogP contribution in [0, 0.1) is 0 Å². The zero-order chi connectivity index (χ0) is 16.5. The van der Waals surface area contributed by atoms with Gasteiger partial charge in [0, 0.05) is 24.2 Å². The van der Waals surface area contributed by atoms with Crippen LogP contribution in [0.15, 0.2) is 18.2 Å². The fourth-order valence-electron chi connectivity index (χ4n) is 2.61. The highest BCUT2D eigenvalue weighted by molar-refractivity contribution is 5.91. The Kier molecular flexibility index (Phi) is 7.20. The van der Waals surface area contributed by atoms with E-state index in [9.17, 15) is 4.79 Å². The predicted molar refractivity (Wildman–Crippen MR) is 92.3 cm³/mol. The summed E-state index contributed by atoms with van der Waals surface area (Å²) in [6, 6.07) is 5.88. The standard InChI is InChI=1S/C18H28N2O3/c1-3-10-22-16-8-7-15(12-17(16)23-11-4-2)20-18(21)13-14-6-5-9-19-14/h7-8,12,14,19H,3-6,9-11,13H2,1-2H3,(H,20,21). The van der Waals surface area contributed by atoms with Crippen molar-refractivity contribution in [3.8, 4) is 11.5 Å². The Morgan fingerprint density at radius 2 is 1.96 bits per heavy atom. The van der Waals surface area contributed by atoms with Crippen molar-refractivity contribution in [3.05, 3.63) is 18.2 Å². The summed E-state index contributed by atoms with van der Waals surface area (Å²) >= 11 is 0. The molecular formula is C18H28N2O3. The van der Waals surface area contributed by atoms with Crippen LogP contribution >= 0.6 is 0 Å². The van der Waals surface area contributed by atoms with Crippen molar-refractivity contribution in [1.82, 2.24) is 5.32 Å². The van der Waals surface area contributed by atoms with Gasteiger partial charge >= 0.3 is 0 Å². The number of hydrogen-bond donors (Lipinski definition) is 2. The first-order valence-corrected chi connectivity index (χ1v) is 8.65. The topological polar surface area (TPSA) is 59.6 Å². The first-order chi connectivity index (χ1) is 11.2. The van der Waals surface area contributed by atoms with Crippen molar-refractivity contribution in [2.45, 2.75) is 52.0 Å². The predicted octanol–water partition coefficient (Wildman–Crippen LogP) is 3.34. The third-order valence-electron chi connectivity index (χ3n) is 3.75. The van der Waals surface area contributed by atoms with Gasteiger partial charge in [-0.05, 0) is 44.4 Å². The second-order valence-electron chi connectivity index (χ2n) is 5.90. The zero-order valence-electron chi connectivity index (χ0n) is 14.2. The fraction of sp³-hybridized carbons (Fsp3) is 0.611. The smallest absolute Gasteiger partial charge is 0.225 e. The molecule has 5 heteroatoms. The second-order valence-corrected chi connectivity index (χ2v) is 5.90. The van der Waals surface area contributed by atoms with Crippen molar-refractivity contribution < 1.29 is 14.3 Å². The first-order valence-electron chi connectivity index (χ1n) is 8.65. The minimum atomic E-state index is 0.0352. The molecule has 0 aliphatic carbocycles. The Morgan fingerprint density at radius 1 is 1.22 bits per heavy atom. The van der Waals surface area contributed by atoms with E-state index in [0.717, 1.165) is 43.7 Å². The number of carbonyl (C=O) groups is 1. The maximum atomic E-state index is 12.1. The van der Waals surface area contributed by atoms with Crippen LogP contribution in [-0.4, -0.2) is 31.7 Å². The van der Waals surface area contributed by atoms with Crippen molar-refractivity contribution in [2.75, 3.05) is 25.1 Å². The Morgan fingerprint density at radius 3 is 2.61 bits per heavy atom. The highest BCUT2D eigenvalue weighted by Crippen LogP contribution is 2.31. The van der Waals surface area contributed by atoms with Crippen LogP contribution in [0.2, 0.25) is 0 Å². The second kappa shape index (κ2) is 9.40. The number of anilines is 1. The van der Waals surface area contributed by atoms with E-state index in [0.29, 0.717) is 31.4 Å². The molecule has 1 aromatic carbocycles. The number of nitrogens with one attached hydrogen (secondary N) is 2. The highest BCUT2D eigenvalue weighted by Gasteiger charge is 2.18. The van der Waals surface area contributed by atoms with Gasteiger partial charge in [-0.3, -0.25) is 4.79 Å². The summed E-state index contributed by atoms with van der Waals surface area (Å²) < 4.78 is 11.5. The normalized spacial score (nSPS) is 17.0. The number of ether oxygens (including phenoxy) is 2. The molecule has 0 saturated carbocycles. The third kappa shape index (κ3) is 5.75. The van der Waals surface area contributed by atoms with Crippen LogP contribution in [0.3, 0.4) is 0 Å². The van der Waals surface area contributed by atoms with Crippen molar-refractivity contribution in [2.24, 2.45) is 0 Å². The molecule has 0 aromatic heterocycles. The number of amides is 1. The van der Waals surface area contributed by atoms with Gasteiger partial charge in [0.2, 0.25) is 5.91 Å². The molecule has 0 radical (unpaired) electrons. The Balaban J connectivity index is 1.98. The summed E-state index contributed by atoms with van der Waals surface area (Å²) in [6.45, 7) is 6.43. The van der Waals surface area contributed by atoms with Gasteiger partial charge in [0.05, 0.1) is 13.2 Å². The van der Waals surface area contributed by atoms with Crippen LogP contribution in [0.4, 0.5) is 5.69 Å². The monoisotopic (exact) mass is 320 g/mol. The molecule has 1 heterocycles. The lowest BCUT2D eigenvalue weighted by molar-refractivity contribution is -0.116.